The number of anilines is 1. The van der Waals surface area contributed by atoms with Gasteiger partial charge in [0.05, 0.1) is 16.2 Å². The van der Waals surface area contributed by atoms with Crippen molar-refractivity contribution in [2.75, 3.05) is 17.5 Å². The van der Waals surface area contributed by atoms with E-state index < -0.39 is 26.0 Å². The van der Waals surface area contributed by atoms with Crippen LogP contribution in [0.2, 0.25) is 0 Å². The highest BCUT2D eigenvalue weighted by atomic mass is 32.2. The SMILES string of the molecule is CCCNC(=O)Oc1[nH]c2ccc(NS(=O)(=O)Cc3ccc(S(C)(=O)=O)cc3)cc2c1-c1ccccc1. The number of rotatable bonds is 9. The summed E-state index contributed by atoms with van der Waals surface area (Å²) in [6.07, 6.45) is 1.27. The molecule has 4 rings (SSSR count). The molecule has 11 heteroatoms. The van der Waals surface area contributed by atoms with E-state index in [1.165, 1.54) is 24.3 Å². The highest BCUT2D eigenvalue weighted by Gasteiger charge is 2.19. The Morgan fingerprint density at radius 2 is 1.65 bits per heavy atom. The molecule has 0 unspecified atom stereocenters. The molecule has 0 radical (unpaired) electrons. The normalized spacial score (nSPS) is 11.8. The molecule has 0 atom stereocenters. The molecule has 0 spiro atoms. The number of aromatic amines is 1. The molecule has 37 heavy (non-hydrogen) atoms. The minimum Gasteiger partial charge on any atom is -0.393 e. The Morgan fingerprint density at radius 1 is 0.946 bits per heavy atom. The molecule has 4 aromatic rings. The smallest absolute Gasteiger partial charge is 0.393 e. The van der Waals surface area contributed by atoms with E-state index in [0.717, 1.165) is 18.2 Å². The van der Waals surface area contributed by atoms with Crippen molar-refractivity contribution in [3.05, 3.63) is 78.4 Å². The molecule has 3 aromatic carbocycles. The standard InChI is InChI=1S/C26H27N3O6S2/c1-3-15-27-26(30)35-25-24(19-7-5-4-6-8-19)22-16-20(11-14-23(22)28-25)29-37(33,34)17-18-9-12-21(13-10-18)36(2,31)32/h4-14,16,28-29H,3,15,17H2,1-2H3,(H,27,30). The number of sulfonamides is 1. The van der Waals surface area contributed by atoms with Crippen LogP contribution in [-0.2, 0) is 25.6 Å². The van der Waals surface area contributed by atoms with Gasteiger partial charge >= 0.3 is 6.09 Å². The second-order valence-electron chi connectivity index (χ2n) is 8.55. The Labute approximate surface area is 215 Å². The van der Waals surface area contributed by atoms with Crippen LogP contribution in [-0.4, -0.2) is 40.7 Å². The summed E-state index contributed by atoms with van der Waals surface area (Å²) in [5.74, 6) is -0.0829. The van der Waals surface area contributed by atoms with Crippen molar-refractivity contribution in [3.63, 3.8) is 0 Å². The molecule has 1 aromatic heterocycles. The molecular formula is C26H27N3O6S2. The average molecular weight is 542 g/mol. The van der Waals surface area contributed by atoms with Crippen molar-refractivity contribution < 1.29 is 26.4 Å². The maximum Gasteiger partial charge on any atom is 0.413 e. The second kappa shape index (κ2) is 10.7. The number of hydrogen-bond acceptors (Lipinski definition) is 6. The number of hydrogen-bond donors (Lipinski definition) is 3. The molecule has 0 bridgehead atoms. The van der Waals surface area contributed by atoms with Gasteiger partial charge in [-0.3, -0.25) is 4.72 Å². The van der Waals surface area contributed by atoms with Gasteiger partial charge in [0.2, 0.25) is 15.9 Å². The average Bonchev–Trinajstić information content (AvgIpc) is 3.19. The highest BCUT2D eigenvalue weighted by Crippen LogP contribution is 2.38. The molecule has 9 nitrogen and oxygen atoms in total. The maximum absolute atomic E-state index is 12.9. The predicted molar refractivity (Wildman–Crippen MR) is 144 cm³/mol. The van der Waals surface area contributed by atoms with Crippen LogP contribution in [0.3, 0.4) is 0 Å². The van der Waals surface area contributed by atoms with Crippen LogP contribution in [0.25, 0.3) is 22.0 Å². The Bertz CT molecular complexity index is 1630. The predicted octanol–water partition coefficient (Wildman–Crippen LogP) is 4.68. The molecular weight excluding hydrogens is 514 g/mol. The van der Waals surface area contributed by atoms with Crippen molar-refractivity contribution >= 4 is 42.5 Å². The summed E-state index contributed by atoms with van der Waals surface area (Å²) in [5, 5.41) is 3.34. The number of fused-ring (bicyclic) bond motifs is 1. The molecule has 0 aliphatic carbocycles. The first-order valence-corrected chi connectivity index (χ1v) is 15.1. The van der Waals surface area contributed by atoms with Gasteiger partial charge < -0.3 is 15.0 Å². The first-order valence-electron chi connectivity index (χ1n) is 11.5. The van der Waals surface area contributed by atoms with Crippen LogP contribution in [0.1, 0.15) is 18.9 Å². The molecule has 1 amide bonds. The van der Waals surface area contributed by atoms with Gasteiger partial charge in [0.25, 0.3) is 0 Å². The van der Waals surface area contributed by atoms with Crippen LogP contribution < -0.4 is 14.8 Å². The molecule has 3 N–H and O–H groups in total. The van der Waals surface area contributed by atoms with Gasteiger partial charge in [0.1, 0.15) is 0 Å². The number of benzene rings is 3. The summed E-state index contributed by atoms with van der Waals surface area (Å²) in [5.41, 5.74) is 2.86. The van der Waals surface area contributed by atoms with Gasteiger partial charge in [-0.05, 0) is 47.9 Å². The number of carbonyl (C=O) groups excluding carboxylic acids is 1. The Balaban J connectivity index is 1.64. The molecule has 0 saturated heterocycles. The number of amides is 1. The van der Waals surface area contributed by atoms with Crippen molar-refractivity contribution in [2.24, 2.45) is 0 Å². The summed E-state index contributed by atoms with van der Waals surface area (Å²) >= 11 is 0. The fraction of sp³-hybridized carbons (Fsp3) is 0.192. The van der Waals surface area contributed by atoms with Crippen molar-refractivity contribution in [3.8, 4) is 17.0 Å². The number of sulfone groups is 1. The maximum atomic E-state index is 12.9. The first-order chi connectivity index (χ1) is 17.6. The minimum atomic E-state index is -3.81. The Hall–Kier alpha value is -3.83. The van der Waals surface area contributed by atoms with Crippen molar-refractivity contribution in [1.29, 1.82) is 0 Å². The van der Waals surface area contributed by atoms with E-state index in [4.69, 9.17) is 4.74 Å². The molecule has 0 aliphatic rings. The third-order valence-corrected chi connectivity index (χ3v) is 7.91. The summed E-state index contributed by atoms with van der Waals surface area (Å²) in [6, 6.07) is 20.0. The van der Waals surface area contributed by atoms with Crippen LogP contribution >= 0.6 is 0 Å². The molecule has 1 heterocycles. The Kier molecular flexibility index (Phi) is 7.55. The van der Waals surface area contributed by atoms with Crippen LogP contribution in [0.5, 0.6) is 5.88 Å². The second-order valence-corrected chi connectivity index (χ2v) is 12.3. The lowest BCUT2D eigenvalue weighted by molar-refractivity contribution is 0.199. The van der Waals surface area contributed by atoms with E-state index in [1.54, 1.807) is 18.2 Å². The van der Waals surface area contributed by atoms with Gasteiger partial charge in [-0.1, -0.05) is 49.4 Å². The number of aromatic nitrogens is 1. The van der Waals surface area contributed by atoms with E-state index in [2.05, 4.69) is 15.0 Å². The van der Waals surface area contributed by atoms with Crippen LogP contribution in [0.4, 0.5) is 10.5 Å². The number of nitrogens with one attached hydrogen (secondary N) is 3. The largest absolute Gasteiger partial charge is 0.413 e. The molecule has 0 saturated carbocycles. The minimum absolute atomic E-state index is 0.120. The number of carbonyl (C=O) groups is 1. The molecule has 0 aliphatic heterocycles. The first kappa shape index (κ1) is 26.2. The van der Waals surface area contributed by atoms with E-state index in [9.17, 15) is 21.6 Å². The quantitative estimate of drug-likeness (QED) is 0.282. The fourth-order valence-electron chi connectivity index (χ4n) is 3.82. The van der Waals surface area contributed by atoms with E-state index >= 15 is 0 Å². The summed E-state index contributed by atoms with van der Waals surface area (Å²) in [7, 11) is -7.18. The zero-order valence-corrected chi connectivity index (χ0v) is 21.9. The van der Waals surface area contributed by atoms with Gasteiger partial charge in [0, 0.05) is 29.4 Å². The van der Waals surface area contributed by atoms with Gasteiger partial charge in [0.15, 0.2) is 9.84 Å². The molecule has 194 valence electrons. The summed E-state index contributed by atoms with van der Waals surface area (Å²) in [6.45, 7) is 2.41. The van der Waals surface area contributed by atoms with Crippen LogP contribution in [0.15, 0.2) is 77.7 Å². The fourth-order valence-corrected chi connectivity index (χ4v) is 5.64. The third-order valence-electron chi connectivity index (χ3n) is 5.52. The Morgan fingerprint density at radius 3 is 2.30 bits per heavy atom. The van der Waals surface area contributed by atoms with Crippen molar-refractivity contribution in [2.45, 2.75) is 24.0 Å². The van der Waals surface area contributed by atoms with Crippen LogP contribution in [0, 0.1) is 0 Å². The summed E-state index contributed by atoms with van der Waals surface area (Å²) < 4.78 is 57.2. The van der Waals surface area contributed by atoms with E-state index in [0.29, 0.717) is 34.3 Å². The van der Waals surface area contributed by atoms with Gasteiger partial charge in [-0.2, -0.15) is 0 Å². The lowest BCUT2D eigenvalue weighted by Gasteiger charge is -2.10. The third kappa shape index (κ3) is 6.49. The van der Waals surface area contributed by atoms with Crippen molar-refractivity contribution in [1.82, 2.24) is 10.3 Å². The highest BCUT2D eigenvalue weighted by molar-refractivity contribution is 7.92. The van der Waals surface area contributed by atoms with E-state index in [-0.39, 0.29) is 16.5 Å². The summed E-state index contributed by atoms with van der Waals surface area (Å²) in [4.78, 5) is 15.5. The zero-order chi connectivity index (χ0) is 26.6. The topological polar surface area (TPSA) is 134 Å². The van der Waals surface area contributed by atoms with Gasteiger partial charge in [-0.25, -0.2) is 21.6 Å². The number of H-pyrrole nitrogens is 1. The van der Waals surface area contributed by atoms with Gasteiger partial charge in [-0.15, -0.1) is 0 Å². The monoisotopic (exact) mass is 541 g/mol. The lowest BCUT2D eigenvalue weighted by atomic mass is 10.0. The van der Waals surface area contributed by atoms with E-state index in [1.807, 2.05) is 37.3 Å². The molecule has 0 fully saturated rings. The lowest BCUT2D eigenvalue weighted by Crippen LogP contribution is -2.27. The zero-order valence-electron chi connectivity index (χ0n) is 20.3. The number of ether oxygens (including phenoxy) is 1.